The van der Waals surface area contributed by atoms with Gasteiger partial charge in [-0.3, -0.25) is 4.90 Å². The third-order valence-corrected chi connectivity index (χ3v) is 14.6. The average molecular weight is 838 g/mol. The largest absolute Gasteiger partial charge is 0.461 e. The lowest BCUT2D eigenvalue weighted by Crippen LogP contribution is -2.74. The van der Waals surface area contributed by atoms with E-state index in [1.807, 2.05) is 11.0 Å². The number of nitriles is 1. The van der Waals surface area contributed by atoms with Crippen molar-refractivity contribution in [3.63, 3.8) is 0 Å². The van der Waals surface area contributed by atoms with Crippen molar-refractivity contribution >= 4 is 72.4 Å². The van der Waals surface area contributed by atoms with Gasteiger partial charge in [0.15, 0.2) is 5.82 Å². The summed E-state index contributed by atoms with van der Waals surface area (Å²) >= 11 is 13.9. The summed E-state index contributed by atoms with van der Waals surface area (Å²) in [7, 11) is 0. The molecule has 10 rings (SSSR count). The second-order valence-electron chi connectivity index (χ2n) is 16.3. The maximum absolute atomic E-state index is 17.4. The van der Waals surface area contributed by atoms with Crippen molar-refractivity contribution in [2.45, 2.75) is 69.1 Å². The third kappa shape index (κ3) is 5.74. The Morgan fingerprint density at radius 1 is 1.12 bits per heavy atom. The van der Waals surface area contributed by atoms with Gasteiger partial charge in [-0.05, 0) is 80.3 Å². The number of fused-ring (bicyclic) bond motifs is 3. The number of carbonyl (C=O) groups is 1. The van der Waals surface area contributed by atoms with Crippen molar-refractivity contribution in [1.29, 1.82) is 5.26 Å². The van der Waals surface area contributed by atoms with Crippen molar-refractivity contribution in [3.8, 4) is 23.2 Å². The van der Waals surface area contributed by atoms with E-state index in [0.717, 1.165) is 62.8 Å². The van der Waals surface area contributed by atoms with Crippen molar-refractivity contribution < 1.29 is 22.7 Å². The first kappa shape index (κ1) is 36.9. The molecule has 1 amide bonds. The average Bonchev–Trinajstić information content (AvgIpc) is 3.94. The van der Waals surface area contributed by atoms with Crippen molar-refractivity contribution in [1.82, 2.24) is 34.5 Å². The van der Waals surface area contributed by atoms with E-state index in [-0.39, 0.29) is 77.7 Å². The lowest BCUT2D eigenvalue weighted by atomic mass is 9.58. The van der Waals surface area contributed by atoms with Crippen LogP contribution in [0.15, 0.2) is 24.5 Å². The number of hydrogen-bond donors (Lipinski definition) is 1. The van der Waals surface area contributed by atoms with Gasteiger partial charge in [-0.25, -0.2) is 22.9 Å². The molecule has 5 aromatic rings. The first-order chi connectivity index (χ1) is 27.5. The van der Waals surface area contributed by atoms with Crippen LogP contribution in [0.4, 0.5) is 28.8 Å². The number of aromatic nitrogens is 5. The van der Waals surface area contributed by atoms with Gasteiger partial charge in [-0.15, -0.1) is 16.4 Å². The number of hydrogen-bond acceptors (Lipinski definition) is 11. The number of ether oxygens (including phenoxy) is 1. The minimum atomic E-state index is -0.968. The zero-order chi connectivity index (χ0) is 39.4. The van der Waals surface area contributed by atoms with Gasteiger partial charge in [0.1, 0.15) is 47.3 Å². The molecule has 1 spiro atoms. The Balaban J connectivity index is 1.08. The maximum Gasteiger partial charge on any atom is 0.346 e. The molecule has 4 aliphatic heterocycles. The van der Waals surface area contributed by atoms with Gasteiger partial charge in [0, 0.05) is 60.4 Å². The van der Waals surface area contributed by atoms with E-state index in [2.05, 4.69) is 24.9 Å². The molecule has 2 N–H and O–H groups in total. The highest BCUT2D eigenvalue weighted by Gasteiger charge is 2.60. The van der Waals surface area contributed by atoms with Crippen LogP contribution in [0.1, 0.15) is 56.9 Å². The van der Waals surface area contributed by atoms with Crippen molar-refractivity contribution in [2.75, 3.05) is 50.0 Å². The second-order valence-corrected chi connectivity index (χ2v) is 18.1. The van der Waals surface area contributed by atoms with E-state index in [1.165, 1.54) is 23.1 Å². The summed E-state index contributed by atoms with van der Waals surface area (Å²) in [5.41, 5.74) is 5.47. The smallest absolute Gasteiger partial charge is 0.346 e. The first-order valence-corrected chi connectivity index (χ1v) is 20.8. The zero-order valence-corrected chi connectivity index (χ0v) is 33.0. The van der Waals surface area contributed by atoms with Crippen LogP contribution in [-0.2, 0) is 0 Å². The van der Waals surface area contributed by atoms with Gasteiger partial charge in [0.05, 0.1) is 20.8 Å². The van der Waals surface area contributed by atoms with E-state index in [4.69, 9.17) is 38.7 Å². The van der Waals surface area contributed by atoms with Crippen LogP contribution in [0, 0.1) is 34.3 Å². The molecule has 5 aliphatic rings. The molecule has 5 fully saturated rings. The number of nitrogens with two attached hydrogens (primary N) is 1. The summed E-state index contributed by atoms with van der Waals surface area (Å²) < 4.78 is 54.9. The molecular weight excluding hydrogens is 800 g/mol. The lowest BCUT2D eigenvalue weighted by molar-refractivity contribution is -0.0972. The fraction of sp³-hybridized carbons (Fsp3) is 0.487. The minimum absolute atomic E-state index is 0.00294. The van der Waals surface area contributed by atoms with E-state index in [1.54, 1.807) is 6.07 Å². The predicted molar refractivity (Wildman–Crippen MR) is 210 cm³/mol. The van der Waals surface area contributed by atoms with E-state index < -0.39 is 23.3 Å². The zero-order valence-electron chi connectivity index (χ0n) is 30.7. The Morgan fingerprint density at radius 3 is 2.70 bits per heavy atom. The number of carbonyl (C=O) groups excluding carboxylic acids is 1. The number of piperidine rings is 1. The predicted octanol–water partition coefficient (Wildman–Crippen LogP) is 7.84. The Hall–Kier alpha value is -4.43. The number of alkyl halides is 1. The van der Waals surface area contributed by atoms with E-state index in [0.29, 0.717) is 49.7 Å². The van der Waals surface area contributed by atoms with E-state index >= 15 is 8.78 Å². The summed E-state index contributed by atoms with van der Waals surface area (Å²) in [5.74, 6) is -0.635. The minimum Gasteiger partial charge on any atom is -0.461 e. The number of likely N-dealkylation sites (tertiary alicyclic amines) is 1. The monoisotopic (exact) mass is 836 g/mol. The molecule has 2 aromatic carbocycles. The number of amides is 1. The fourth-order valence-corrected chi connectivity index (χ4v) is 11.9. The molecule has 3 aromatic heterocycles. The number of thiophene rings is 1. The number of rotatable bonds is 6. The number of anilines is 2. The lowest BCUT2D eigenvalue weighted by Gasteiger charge is -2.64. The topological polar surface area (TPSA) is 142 Å². The Morgan fingerprint density at radius 2 is 1.95 bits per heavy atom. The van der Waals surface area contributed by atoms with Crippen molar-refractivity contribution in [2.24, 2.45) is 11.3 Å². The van der Waals surface area contributed by atoms with Crippen LogP contribution in [-0.4, -0.2) is 97.6 Å². The van der Waals surface area contributed by atoms with Gasteiger partial charge in [0.2, 0.25) is 5.28 Å². The first-order valence-electron chi connectivity index (χ1n) is 19.2. The Labute approximate surface area is 339 Å². The normalized spacial score (nSPS) is 26.2. The Bertz CT molecular complexity index is 2530. The van der Waals surface area contributed by atoms with Gasteiger partial charge in [0.25, 0.3) is 0 Å². The highest BCUT2D eigenvalue weighted by Crippen LogP contribution is 2.54. The molecule has 12 nitrogen and oxygen atoms in total. The molecule has 4 atom stereocenters. The molecule has 0 radical (unpaired) electrons. The summed E-state index contributed by atoms with van der Waals surface area (Å²) in [6.45, 7) is 2.86. The molecule has 0 unspecified atom stereocenters. The third-order valence-electron chi connectivity index (χ3n) is 13.1. The fourth-order valence-electron chi connectivity index (χ4n) is 10.5. The molecular formula is C39H37Cl2F3N10O2S. The summed E-state index contributed by atoms with van der Waals surface area (Å²) in [6, 6.07) is 5.87. The summed E-state index contributed by atoms with van der Waals surface area (Å²) in [5, 5.41) is 14.7. The maximum atomic E-state index is 17.4. The molecule has 0 bridgehead atoms. The summed E-state index contributed by atoms with van der Waals surface area (Å²) in [6.07, 6.45) is 7.15. The van der Waals surface area contributed by atoms with Crippen molar-refractivity contribution in [3.05, 3.63) is 52.0 Å². The molecule has 296 valence electrons. The standard InChI is InChI=1S/C39H37Cl2F3N10O2S/c40-25-12-23-30(29(44)28(25)22-6-7-26(43)31-27(22)24(14-45)33(46)57-31)48-36(56-18-39-9-3-11-52(39)15-21(42)13-39)49-34(23)51-10-2-8-38(16-51)17-53(32(38)20-4-1-5-20)37(55)54-19-47-35(41)50-54/h6-7,12,19-21,32H,1-5,8-11,13,15-18,46H2/t21-,32-,38-,39+/m1/s1. The molecule has 1 aliphatic carbocycles. The molecule has 18 heteroatoms. The molecule has 1 saturated carbocycles. The van der Waals surface area contributed by atoms with Gasteiger partial charge in [-0.1, -0.05) is 24.1 Å². The highest BCUT2D eigenvalue weighted by atomic mass is 35.5. The van der Waals surface area contributed by atoms with Gasteiger partial charge < -0.3 is 20.3 Å². The second kappa shape index (κ2) is 13.6. The van der Waals surface area contributed by atoms with Crippen LogP contribution in [0.5, 0.6) is 6.01 Å². The number of nitrogens with zero attached hydrogens (tertiary/aromatic N) is 9. The molecule has 7 heterocycles. The van der Waals surface area contributed by atoms with Crippen LogP contribution in [0.2, 0.25) is 10.3 Å². The highest BCUT2D eigenvalue weighted by molar-refractivity contribution is 7.23. The Kier molecular flexibility index (Phi) is 8.78. The van der Waals surface area contributed by atoms with Crippen LogP contribution >= 0.6 is 34.5 Å². The summed E-state index contributed by atoms with van der Waals surface area (Å²) in [4.78, 5) is 33.4. The van der Waals surface area contributed by atoms with Crippen LogP contribution in [0.25, 0.3) is 32.1 Å². The van der Waals surface area contributed by atoms with E-state index in [9.17, 15) is 14.4 Å². The number of benzene rings is 2. The van der Waals surface area contributed by atoms with Crippen LogP contribution < -0.4 is 15.4 Å². The molecule has 57 heavy (non-hydrogen) atoms. The van der Waals surface area contributed by atoms with Gasteiger partial charge >= 0.3 is 12.0 Å². The van der Waals surface area contributed by atoms with Gasteiger partial charge in [-0.2, -0.15) is 19.9 Å². The van der Waals surface area contributed by atoms with Crippen LogP contribution in [0.3, 0.4) is 0 Å². The molecule has 4 saturated heterocycles. The SMILES string of the molecule is N#Cc1c(N)sc2c(F)ccc(-c3c(Cl)cc4c(N5CCC[C@@]6(C5)CN(C(=O)n5cnc(Cl)n5)[C@@H]6C5CCC5)nc(OC[C@@]56CCCN5C[C@H](F)C6)nc4c3F)c12. The number of nitrogen functional groups attached to an aromatic ring is 1. The number of halogens is 5. The quantitative estimate of drug-likeness (QED) is 0.180.